The molecule has 0 saturated carbocycles. The number of carbonyl (C=O) groups excluding carboxylic acids is 1. The van der Waals surface area contributed by atoms with E-state index in [1.54, 1.807) is 72.8 Å². The molecule has 208 valence electrons. The van der Waals surface area contributed by atoms with Crippen LogP contribution in [-0.2, 0) is 16.0 Å². The van der Waals surface area contributed by atoms with Crippen LogP contribution in [-0.4, -0.2) is 48.4 Å². The average Bonchev–Trinajstić information content (AvgIpc) is 3.33. The third-order valence-electron chi connectivity index (χ3n) is 6.17. The van der Waals surface area contributed by atoms with Crippen molar-refractivity contribution in [2.45, 2.75) is 30.7 Å². The summed E-state index contributed by atoms with van der Waals surface area (Å²) in [5.41, 5.74) is 8.79. The fourth-order valence-corrected chi connectivity index (χ4v) is 4.35. The van der Waals surface area contributed by atoms with Crippen LogP contribution in [0.15, 0.2) is 89.0 Å². The minimum Gasteiger partial charge on any atom is -0.494 e. The summed E-state index contributed by atoms with van der Waals surface area (Å²) in [6.07, 6.45) is -5.52. The lowest BCUT2D eigenvalue weighted by atomic mass is 9.81. The van der Waals surface area contributed by atoms with Gasteiger partial charge in [-0.15, -0.1) is 0 Å². The number of rotatable bonds is 11. The van der Waals surface area contributed by atoms with Gasteiger partial charge < -0.3 is 19.9 Å². The zero-order chi connectivity index (χ0) is 28.6. The van der Waals surface area contributed by atoms with E-state index in [0.29, 0.717) is 35.5 Å². The quantitative estimate of drug-likeness (QED) is 0.139. The van der Waals surface area contributed by atoms with Crippen molar-refractivity contribution in [1.82, 2.24) is 5.32 Å². The van der Waals surface area contributed by atoms with Gasteiger partial charge in [-0.2, -0.15) is 13.2 Å². The molecule has 0 fully saturated rings. The Balaban J connectivity index is 1.82. The maximum atomic E-state index is 13.7. The molecule has 0 unspecified atom stereocenters. The molecule has 1 aliphatic rings. The molecule has 0 radical (unpaired) electrons. The minimum absolute atomic E-state index is 0.0126. The van der Waals surface area contributed by atoms with Gasteiger partial charge in [0.1, 0.15) is 12.3 Å². The Morgan fingerprint density at radius 3 is 2.48 bits per heavy atom. The number of aliphatic hydroxyl groups is 1. The maximum absolute atomic E-state index is 13.7. The number of aliphatic imine (C=N–C) groups is 1. The number of nitrogens with one attached hydrogen (secondary N) is 1. The van der Waals surface area contributed by atoms with Gasteiger partial charge in [-0.3, -0.25) is 4.79 Å². The Bertz CT molecular complexity index is 1390. The molecule has 0 aromatic heterocycles. The van der Waals surface area contributed by atoms with Crippen molar-refractivity contribution in [1.29, 1.82) is 0 Å². The van der Waals surface area contributed by atoms with Gasteiger partial charge in [0, 0.05) is 41.2 Å². The lowest BCUT2D eigenvalue weighted by molar-refractivity contribution is -0.143. The summed E-state index contributed by atoms with van der Waals surface area (Å²) in [6, 6.07) is 21.7. The smallest absolute Gasteiger partial charge is 0.405 e. The molecule has 1 heterocycles. The fourth-order valence-electron chi connectivity index (χ4n) is 4.35. The minimum atomic E-state index is -4.65. The molecule has 3 aromatic rings. The van der Waals surface area contributed by atoms with Crippen molar-refractivity contribution in [3.05, 3.63) is 106 Å². The van der Waals surface area contributed by atoms with Crippen molar-refractivity contribution in [2.24, 2.45) is 10.1 Å². The van der Waals surface area contributed by atoms with Crippen LogP contribution in [0.4, 0.5) is 18.9 Å². The zero-order valence-electron chi connectivity index (χ0n) is 21.2. The van der Waals surface area contributed by atoms with Gasteiger partial charge >= 0.3 is 6.18 Å². The number of azide groups is 1. The molecule has 0 spiro atoms. The second-order valence-corrected chi connectivity index (χ2v) is 9.00. The maximum Gasteiger partial charge on any atom is 0.405 e. The molecule has 1 aliphatic heterocycles. The molecule has 2 N–H and O–H groups in total. The van der Waals surface area contributed by atoms with Crippen molar-refractivity contribution in [2.75, 3.05) is 19.8 Å². The van der Waals surface area contributed by atoms with Gasteiger partial charge in [0.2, 0.25) is 5.90 Å². The summed E-state index contributed by atoms with van der Waals surface area (Å²) in [5.74, 6) is -0.436. The normalized spacial score (nSPS) is 18.3. The first kappa shape index (κ1) is 28.5. The number of hydrogen-bond donors (Lipinski definition) is 2. The Labute approximate surface area is 227 Å². The second-order valence-electron chi connectivity index (χ2n) is 9.00. The molecule has 0 aliphatic carbocycles. The lowest BCUT2D eigenvalue weighted by Crippen LogP contribution is -2.51. The third-order valence-corrected chi connectivity index (χ3v) is 6.17. The number of nitrogens with zero attached hydrogens (tertiary/aromatic N) is 4. The van der Waals surface area contributed by atoms with Gasteiger partial charge in [0.25, 0.3) is 5.91 Å². The first-order valence-electron chi connectivity index (χ1n) is 12.4. The summed E-state index contributed by atoms with van der Waals surface area (Å²) in [6.45, 7) is -1.26. The molecule has 0 saturated heterocycles. The van der Waals surface area contributed by atoms with Crippen molar-refractivity contribution >= 4 is 17.5 Å². The number of alkyl halides is 3. The molecule has 9 nitrogen and oxygen atoms in total. The van der Waals surface area contributed by atoms with Crippen LogP contribution in [0.2, 0.25) is 0 Å². The van der Waals surface area contributed by atoms with Crippen molar-refractivity contribution < 1.29 is 32.5 Å². The fraction of sp³-hybridized carbons (Fsp3) is 0.286. The highest BCUT2D eigenvalue weighted by molar-refractivity contribution is 6.01. The molecular formula is C28H26F3N5O4. The Morgan fingerprint density at radius 2 is 1.80 bits per heavy atom. The molecule has 40 heavy (non-hydrogen) atoms. The van der Waals surface area contributed by atoms with Crippen LogP contribution in [0.1, 0.15) is 29.2 Å². The number of halogens is 3. The van der Waals surface area contributed by atoms with E-state index in [9.17, 15) is 18.0 Å². The van der Waals surface area contributed by atoms with Crippen LogP contribution < -0.4 is 10.1 Å². The van der Waals surface area contributed by atoms with Crippen molar-refractivity contribution in [3.63, 3.8) is 0 Å². The highest BCUT2D eigenvalue weighted by Gasteiger charge is 2.54. The molecule has 3 aromatic carbocycles. The van der Waals surface area contributed by atoms with Crippen LogP contribution in [0.5, 0.6) is 5.75 Å². The molecular weight excluding hydrogens is 527 g/mol. The number of benzene rings is 3. The van der Waals surface area contributed by atoms with E-state index in [2.05, 4.69) is 15.0 Å². The average molecular weight is 554 g/mol. The highest BCUT2D eigenvalue weighted by atomic mass is 19.4. The number of carbonyl (C=O) groups is 1. The highest BCUT2D eigenvalue weighted by Crippen LogP contribution is 2.45. The SMILES string of the molecule is [N-]=[N+]=Nc1ccccc1[C@H]1OC(c2ccc(OCCCO)cc2)=N[C@@]1(Cc1ccccc1)C(=O)NCC(F)(F)F. The predicted molar refractivity (Wildman–Crippen MR) is 141 cm³/mol. The van der Waals surface area contributed by atoms with Gasteiger partial charge in [-0.1, -0.05) is 59.7 Å². The topological polar surface area (TPSA) is 129 Å². The Kier molecular flexibility index (Phi) is 8.93. The first-order chi connectivity index (χ1) is 19.3. The van der Waals surface area contributed by atoms with Crippen LogP contribution in [0, 0.1) is 0 Å². The Hall–Kier alpha value is -4.54. The van der Waals surface area contributed by atoms with Gasteiger partial charge in [-0.05, 0) is 35.4 Å². The number of hydrogen-bond acceptors (Lipinski definition) is 6. The second kappa shape index (κ2) is 12.5. The number of aliphatic hydroxyl groups excluding tert-OH is 1. The summed E-state index contributed by atoms with van der Waals surface area (Å²) >= 11 is 0. The van der Waals surface area contributed by atoms with Gasteiger partial charge in [0.05, 0.1) is 6.61 Å². The van der Waals surface area contributed by atoms with Crippen molar-refractivity contribution in [3.8, 4) is 5.75 Å². The van der Waals surface area contributed by atoms with E-state index in [4.69, 9.17) is 20.1 Å². The molecule has 0 bridgehead atoms. The van der Waals surface area contributed by atoms with E-state index < -0.39 is 30.3 Å². The van der Waals surface area contributed by atoms with Crippen LogP contribution in [0.25, 0.3) is 10.4 Å². The molecule has 2 atom stereocenters. The Morgan fingerprint density at radius 1 is 1.10 bits per heavy atom. The van der Waals surface area contributed by atoms with E-state index in [-0.39, 0.29) is 24.6 Å². The van der Waals surface area contributed by atoms with Gasteiger partial charge in [0.15, 0.2) is 11.6 Å². The number of ether oxygens (including phenoxy) is 2. The summed E-state index contributed by atoms with van der Waals surface area (Å²) in [4.78, 5) is 21.2. The van der Waals surface area contributed by atoms with Crippen LogP contribution >= 0.6 is 0 Å². The van der Waals surface area contributed by atoms with E-state index >= 15 is 0 Å². The van der Waals surface area contributed by atoms with Crippen LogP contribution in [0.3, 0.4) is 0 Å². The summed E-state index contributed by atoms with van der Waals surface area (Å²) in [7, 11) is 0. The first-order valence-corrected chi connectivity index (χ1v) is 12.4. The van der Waals surface area contributed by atoms with E-state index in [1.807, 2.05) is 5.32 Å². The molecule has 1 amide bonds. The number of amides is 1. The predicted octanol–water partition coefficient (Wildman–Crippen LogP) is 5.57. The van der Waals surface area contributed by atoms with E-state index in [0.717, 1.165) is 0 Å². The van der Waals surface area contributed by atoms with Gasteiger partial charge in [-0.25, -0.2) is 4.99 Å². The van der Waals surface area contributed by atoms with E-state index in [1.165, 1.54) is 6.07 Å². The largest absolute Gasteiger partial charge is 0.494 e. The monoisotopic (exact) mass is 553 g/mol. The standard InChI is InChI=1S/C28H26F3N5O4/c29-28(30,31)18-33-26(38)27(17-19-7-2-1-3-8-19)24(22-9-4-5-10-23(22)35-36-32)40-25(34-27)20-11-13-21(14-12-20)39-16-6-15-37/h1-5,7-14,24,37H,6,15-18H2,(H,33,38)/t24-,27-/m1/s1. The lowest BCUT2D eigenvalue weighted by Gasteiger charge is -2.31. The third kappa shape index (κ3) is 6.71. The molecule has 12 heteroatoms. The summed E-state index contributed by atoms with van der Waals surface area (Å²) in [5, 5.41) is 14.7. The molecule has 4 rings (SSSR count). The summed E-state index contributed by atoms with van der Waals surface area (Å²) < 4.78 is 51.3. The zero-order valence-corrected chi connectivity index (χ0v) is 21.2.